The van der Waals surface area contributed by atoms with Gasteiger partial charge in [-0.3, -0.25) is 0 Å². The summed E-state index contributed by atoms with van der Waals surface area (Å²) in [7, 11) is 0. The summed E-state index contributed by atoms with van der Waals surface area (Å²) in [5, 5.41) is 0. The van der Waals surface area contributed by atoms with Gasteiger partial charge in [-0.2, -0.15) is 0 Å². The fourth-order valence-corrected chi connectivity index (χ4v) is 2.40. The van der Waals surface area contributed by atoms with Crippen LogP contribution in [0.2, 0.25) is 0 Å². The van der Waals surface area contributed by atoms with Gasteiger partial charge in [-0.15, -0.1) is 0 Å². The number of hydrogen-bond acceptors (Lipinski definition) is 0. The van der Waals surface area contributed by atoms with E-state index in [2.05, 4.69) is 41.3 Å². The molecular formula is C14H15BrFN. The molecule has 2 rings (SSSR count). The molecule has 0 radical (unpaired) electrons. The maximum atomic E-state index is 13.9. The van der Waals surface area contributed by atoms with Crippen LogP contribution in [0.15, 0.2) is 41.0 Å². The second-order valence-corrected chi connectivity index (χ2v) is 5.89. The minimum absolute atomic E-state index is 0.0797. The molecule has 3 heteroatoms. The van der Waals surface area contributed by atoms with Crippen LogP contribution >= 0.6 is 15.9 Å². The molecule has 0 N–H and O–H groups in total. The summed E-state index contributed by atoms with van der Waals surface area (Å²) in [6.45, 7) is 6.30. The summed E-state index contributed by atoms with van der Waals surface area (Å²) in [5.74, 6) is -0.197. The van der Waals surface area contributed by atoms with Crippen LogP contribution in [0.1, 0.15) is 20.8 Å². The summed E-state index contributed by atoms with van der Waals surface area (Å²) < 4.78 is 16.9. The van der Waals surface area contributed by atoms with Crippen molar-refractivity contribution in [2.24, 2.45) is 0 Å². The molecule has 17 heavy (non-hydrogen) atoms. The van der Waals surface area contributed by atoms with E-state index in [1.165, 1.54) is 6.07 Å². The van der Waals surface area contributed by atoms with Gasteiger partial charge in [0.1, 0.15) is 5.82 Å². The molecule has 0 amide bonds. The third-order valence-corrected chi connectivity index (χ3v) is 3.33. The first kappa shape index (κ1) is 12.4. The third-order valence-electron chi connectivity index (χ3n) is 2.69. The topological polar surface area (TPSA) is 4.93 Å². The van der Waals surface area contributed by atoms with Crippen molar-refractivity contribution in [2.45, 2.75) is 26.3 Å². The van der Waals surface area contributed by atoms with Gasteiger partial charge in [-0.25, -0.2) is 4.39 Å². The van der Waals surface area contributed by atoms with Gasteiger partial charge >= 0.3 is 0 Å². The fraction of sp³-hybridized carbons (Fsp3) is 0.286. The van der Waals surface area contributed by atoms with Gasteiger partial charge in [0.25, 0.3) is 0 Å². The molecule has 2 aromatic rings. The van der Waals surface area contributed by atoms with Gasteiger partial charge in [0.2, 0.25) is 0 Å². The van der Waals surface area contributed by atoms with Crippen molar-refractivity contribution in [3.63, 3.8) is 0 Å². The number of rotatable bonds is 1. The number of benzene rings is 1. The molecule has 1 aromatic heterocycles. The lowest BCUT2D eigenvalue weighted by Gasteiger charge is -2.25. The first-order valence-corrected chi connectivity index (χ1v) is 6.33. The average Bonchev–Trinajstić information content (AvgIpc) is 2.60. The van der Waals surface area contributed by atoms with E-state index in [0.717, 1.165) is 10.2 Å². The van der Waals surface area contributed by atoms with E-state index in [9.17, 15) is 4.39 Å². The van der Waals surface area contributed by atoms with Crippen molar-refractivity contribution in [3.05, 3.63) is 46.8 Å². The minimum atomic E-state index is -0.197. The second-order valence-electron chi connectivity index (χ2n) is 5.03. The average molecular weight is 296 g/mol. The molecule has 0 saturated heterocycles. The number of aromatic nitrogens is 1. The molecule has 0 unspecified atom stereocenters. The Morgan fingerprint density at radius 3 is 2.35 bits per heavy atom. The van der Waals surface area contributed by atoms with Crippen molar-refractivity contribution in [3.8, 4) is 11.3 Å². The molecule has 0 fully saturated rings. The van der Waals surface area contributed by atoms with Crippen molar-refractivity contribution < 1.29 is 4.39 Å². The summed E-state index contributed by atoms with van der Waals surface area (Å²) in [5.41, 5.74) is 1.43. The van der Waals surface area contributed by atoms with E-state index < -0.39 is 0 Å². The highest BCUT2D eigenvalue weighted by Crippen LogP contribution is 2.34. The lowest BCUT2D eigenvalue weighted by molar-refractivity contribution is 0.402. The van der Waals surface area contributed by atoms with Crippen molar-refractivity contribution in [1.82, 2.24) is 4.57 Å². The van der Waals surface area contributed by atoms with Crippen LogP contribution in [0.5, 0.6) is 0 Å². The Morgan fingerprint density at radius 1 is 1.12 bits per heavy atom. The highest BCUT2D eigenvalue weighted by molar-refractivity contribution is 9.10. The van der Waals surface area contributed by atoms with Crippen LogP contribution < -0.4 is 0 Å². The van der Waals surface area contributed by atoms with Gasteiger partial charge in [0.05, 0.1) is 5.69 Å². The van der Waals surface area contributed by atoms with Crippen molar-refractivity contribution in [2.75, 3.05) is 0 Å². The maximum absolute atomic E-state index is 13.9. The molecule has 0 bridgehead atoms. The van der Waals surface area contributed by atoms with E-state index in [0.29, 0.717) is 5.56 Å². The molecule has 0 spiro atoms. The normalized spacial score (nSPS) is 11.8. The Bertz CT molecular complexity index is 537. The van der Waals surface area contributed by atoms with Gasteiger partial charge in [0.15, 0.2) is 0 Å². The molecule has 0 aliphatic rings. The third kappa shape index (κ3) is 2.29. The standard InChI is InChI=1S/C14H15BrFN/c1-14(2,3)17-9-8-11(15)13(17)10-6-4-5-7-12(10)16/h4-9H,1-3H3. The van der Waals surface area contributed by atoms with E-state index in [4.69, 9.17) is 0 Å². The van der Waals surface area contributed by atoms with E-state index >= 15 is 0 Å². The smallest absolute Gasteiger partial charge is 0.132 e. The van der Waals surface area contributed by atoms with Gasteiger partial charge in [-0.1, -0.05) is 12.1 Å². The zero-order valence-corrected chi connectivity index (χ0v) is 11.8. The SMILES string of the molecule is CC(C)(C)n1ccc(Br)c1-c1ccccc1F. The highest BCUT2D eigenvalue weighted by atomic mass is 79.9. The molecular weight excluding hydrogens is 281 g/mol. The molecule has 1 aromatic carbocycles. The van der Waals surface area contributed by atoms with Crippen molar-refractivity contribution >= 4 is 15.9 Å². The number of halogens is 2. The molecule has 1 heterocycles. The van der Waals surface area contributed by atoms with Crippen LogP contribution in [0.4, 0.5) is 4.39 Å². The van der Waals surface area contributed by atoms with Gasteiger partial charge in [-0.05, 0) is 54.9 Å². The first-order chi connectivity index (χ1) is 7.91. The van der Waals surface area contributed by atoms with Crippen LogP contribution in [0.3, 0.4) is 0 Å². The number of nitrogens with zero attached hydrogens (tertiary/aromatic N) is 1. The van der Waals surface area contributed by atoms with Crippen molar-refractivity contribution in [1.29, 1.82) is 0 Å². The Labute approximate surface area is 109 Å². The minimum Gasteiger partial charge on any atom is -0.341 e. The lowest BCUT2D eigenvalue weighted by atomic mass is 10.1. The summed E-state index contributed by atoms with van der Waals surface area (Å²) in [4.78, 5) is 0. The lowest BCUT2D eigenvalue weighted by Crippen LogP contribution is -2.21. The van der Waals surface area contributed by atoms with E-state index in [1.807, 2.05) is 18.3 Å². The highest BCUT2D eigenvalue weighted by Gasteiger charge is 2.20. The van der Waals surface area contributed by atoms with Crippen LogP contribution in [-0.2, 0) is 5.54 Å². The Morgan fingerprint density at radius 2 is 1.76 bits per heavy atom. The Kier molecular flexibility index (Phi) is 3.13. The van der Waals surface area contributed by atoms with Gasteiger partial charge < -0.3 is 4.57 Å². The van der Waals surface area contributed by atoms with Crippen LogP contribution in [-0.4, -0.2) is 4.57 Å². The quantitative estimate of drug-likeness (QED) is 0.711. The van der Waals surface area contributed by atoms with E-state index in [1.54, 1.807) is 12.1 Å². The maximum Gasteiger partial charge on any atom is 0.132 e. The zero-order chi connectivity index (χ0) is 12.6. The Balaban J connectivity index is 2.68. The van der Waals surface area contributed by atoms with Gasteiger partial charge in [0, 0.05) is 21.8 Å². The molecule has 0 aliphatic heterocycles. The summed E-state index contributed by atoms with van der Waals surface area (Å²) >= 11 is 3.49. The molecule has 1 nitrogen and oxygen atoms in total. The van der Waals surface area contributed by atoms with Crippen LogP contribution in [0.25, 0.3) is 11.3 Å². The first-order valence-electron chi connectivity index (χ1n) is 5.53. The second kappa shape index (κ2) is 4.30. The Hall–Kier alpha value is -1.09. The summed E-state index contributed by atoms with van der Waals surface area (Å²) in [6, 6.07) is 8.80. The predicted molar refractivity (Wildman–Crippen MR) is 72.5 cm³/mol. The molecule has 0 atom stereocenters. The predicted octanol–water partition coefficient (Wildman–Crippen LogP) is 4.81. The fourth-order valence-electron chi connectivity index (χ4n) is 1.88. The molecule has 0 aliphatic carbocycles. The molecule has 90 valence electrons. The van der Waals surface area contributed by atoms with E-state index in [-0.39, 0.29) is 11.4 Å². The largest absolute Gasteiger partial charge is 0.341 e. The summed E-state index contributed by atoms with van der Waals surface area (Å²) in [6.07, 6.45) is 1.98. The molecule has 0 saturated carbocycles. The monoisotopic (exact) mass is 295 g/mol. The zero-order valence-electron chi connectivity index (χ0n) is 10.2. The number of hydrogen-bond donors (Lipinski definition) is 0. The van der Waals surface area contributed by atoms with Crippen LogP contribution in [0, 0.1) is 5.82 Å².